The zero-order chi connectivity index (χ0) is 15.2. The minimum atomic E-state index is -4.05. The lowest BCUT2D eigenvalue weighted by atomic mass is 10.2. The average Bonchev–Trinajstić information content (AvgIpc) is 2.41. The topological polar surface area (TPSA) is 72.2 Å². The highest BCUT2D eigenvalue weighted by molar-refractivity contribution is 7.89. The lowest BCUT2D eigenvalue weighted by Crippen LogP contribution is -2.26. The van der Waals surface area contributed by atoms with E-state index in [-0.39, 0.29) is 18.7 Å². The number of halogens is 2. The van der Waals surface area contributed by atoms with Crippen molar-refractivity contribution in [3.8, 4) is 0 Å². The van der Waals surface area contributed by atoms with Crippen LogP contribution in [0.1, 0.15) is 38.2 Å². The maximum absolute atomic E-state index is 13.6. The Bertz CT molecular complexity index is 548. The number of rotatable bonds is 8. The second-order valence-corrected chi connectivity index (χ2v) is 6.29. The van der Waals surface area contributed by atoms with Crippen LogP contribution in [-0.4, -0.2) is 15.0 Å². The fourth-order valence-electron chi connectivity index (χ4n) is 1.77. The van der Waals surface area contributed by atoms with Gasteiger partial charge in [0.25, 0.3) is 0 Å². The van der Waals surface area contributed by atoms with Crippen molar-refractivity contribution >= 4 is 10.0 Å². The van der Waals surface area contributed by atoms with E-state index in [2.05, 4.69) is 4.72 Å². The van der Waals surface area contributed by atoms with Crippen molar-refractivity contribution < 1.29 is 17.2 Å². The number of benzene rings is 1. The van der Waals surface area contributed by atoms with Gasteiger partial charge in [-0.15, -0.1) is 0 Å². The van der Waals surface area contributed by atoms with Crippen LogP contribution in [0.4, 0.5) is 8.78 Å². The van der Waals surface area contributed by atoms with E-state index >= 15 is 0 Å². The van der Waals surface area contributed by atoms with E-state index in [0.717, 1.165) is 31.4 Å². The number of nitrogens with two attached hydrogens (primary N) is 1. The molecule has 1 aromatic rings. The Labute approximate surface area is 118 Å². The first-order valence-corrected chi connectivity index (χ1v) is 8.08. The van der Waals surface area contributed by atoms with E-state index < -0.39 is 26.6 Å². The molecule has 3 N–H and O–H groups in total. The molecule has 4 nitrogen and oxygen atoms in total. The molecule has 0 spiro atoms. The largest absolute Gasteiger partial charge is 0.326 e. The highest BCUT2D eigenvalue weighted by atomic mass is 32.2. The smallest absolute Gasteiger partial charge is 0.243 e. The van der Waals surface area contributed by atoms with Crippen LogP contribution in [0, 0.1) is 11.6 Å². The summed E-state index contributed by atoms with van der Waals surface area (Å²) < 4.78 is 53.1. The van der Waals surface area contributed by atoms with Gasteiger partial charge in [0.15, 0.2) is 11.6 Å². The molecule has 0 saturated carbocycles. The third-order valence-corrected chi connectivity index (χ3v) is 4.36. The lowest BCUT2D eigenvalue weighted by Gasteiger charge is -2.09. The molecule has 0 amide bonds. The predicted octanol–water partition coefficient (Wildman–Crippen LogP) is 2.28. The van der Waals surface area contributed by atoms with Gasteiger partial charge >= 0.3 is 0 Å². The Morgan fingerprint density at radius 2 is 1.90 bits per heavy atom. The molecule has 1 aromatic carbocycles. The van der Waals surface area contributed by atoms with Crippen LogP contribution in [0.3, 0.4) is 0 Å². The molecule has 20 heavy (non-hydrogen) atoms. The first-order chi connectivity index (χ1) is 9.42. The Balaban J connectivity index is 2.84. The Morgan fingerprint density at radius 3 is 2.50 bits per heavy atom. The van der Waals surface area contributed by atoms with Crippen molar-refractivity contribution in [2.75, 3.05) is 6.54 Å². The first kappa shape index (κ1) is 17.0. The van der Waals surface area contributed by atoms with E-state index in [0.29, 0.717) is 6.42 Å². The molecule has 0 aliphatic carbocycles. The van der Waals surface area contributed by atoms with E-state index in [1.165, 1.54) is 0 Å². The van der Waals surface area contributed by atoms with Crippen molar-refractivity contribution in [1.82, 2.24) is 4.72 Å². The quantitative estimate of drug-likeness (QED) is 0.724. The number of hydrogen-bond donors (Lipinski definition) is 2. The van der Waals surface area contributed by atoms with Gasteiger partial charge in [-0.25, -0.2) is 21.9 Å². The summed E-state index contributed by atoms with van der Waals surface area (Å²) in [6, 6.07) is 1.96. The van der Waals surface area contributed by atoms with Crippen LogP contribution in [0.2, 0.25) is 0 Å². The van der Waals surface area contributed by atoms with E-state index in [9.17, 15) is 17.2 Å². The third kappa shape index (κ3) is 4.50. The molecular weight excluding hydrogens is 286 g/mol. The predicted molar refractivity (Wildman–Crippen MR) is 73.6 cm³/mol. The summed E-state index contributed by atoms with van der Waals surface area (Å²) in [5.74, 6) is -2.58. The number of sulfonamides is 1. The fraction of sp³-hybridized carbons (Fsp3) is 0.538. The molecule has 0 atom stereocenters. The molecule has 114 valence electrons. The van der Waals surface area contributed by atoms with Crippen molar-refractivity contribution in [2.24, 2.45) is 5.73 Å². The van der Waals surface area contributed by atoms with Gasteiger partial charge in [-0.3, -0.25) is 0 Å². The van der Waals surface area contributed by atoms with E-state index in [1.807, 2.05) is 6.92 Å². The van der Waals surface area contributed by atoms with Crippen LogP contribution in [0.25, 0.3) is 0 Å². The van der Waals surface area contributed by atoms with Crippen LogP contribution >= 0.6 is 0 Å². The molecule has 0 radical (unpaired) electrons. The van der Waals surface area contributed by atoms with Gasteiger partial charge in [0.05, 0.1) is 0 Å². The molecule has 0 aliphatic heterocycles. The summed E-state index contributed by atoms with van der Waals surface area (Å²) in [6.07, 6.45) is 3.59. The van der Waals surface area contributed by atoms with Gasteiger partial charge in [0.1, 0.15) is 4.90 Å². The molecule has 7 heteroatoms. The number of hydrogen-bond acceptors (Lipinski definition) is 3. The SMILES string of the molecule is CCCCCCNS(=O)(=O)c1cc(CN)cc(F)c1F. The van der Waals surface area contributed by atoms with Crippen molar-refractivity contribution in [3.05, 3.63) is 29.3 Å². The molecule has 0 unspecified atom stereocenters. The molecule has 0 heterocycles. The summed E-state index contributed by atoms with van der Waals surface area (Å²) in [7, 11) is -4.05. The summed E-state index contributed by atoms with van der Waals surface area (Å²) >= 11 is 0. The van der Waals surface area contributed by atoms with E-state index in [1.54, 1.807) is 0 Å². The number of nitrogens with one attached hydrogen (secondary N) is 1. The average molecular weight is 306 g/mol. The number of unbranched alkanes of at least 4 members (excludes halogenated alkanes) is 3. The normalized spacial score (nSPS) is 11.8. The molecule has 0 aliphatic rings. The first-order valence-electron chi connectivity index (χ1n) is 6.60. The molecule has 0 saturated heterocycles. The Kier molecular flexibility index (Phi) is 6.51. The zero-order valence-electron chi connectivity index (χ0n) is 11.5. The van der Waals surface area contributed by atoms with Gasteiger partial charge in [-0.2, -0.15) is 0 Å². The molecule has 0 aromatic heterocycles. The Morgan fingerprint density at radius 1 is 1.20 bits per heavy atom. The lowest BCUT2D eigenvalue weighted by molar-refractivity contribution is 0.481. The minimum Gasteiger partial charge on any atom is -0.326 e. The third-order valence-electron chi connectivity index (χ3n) is 2.90. The summed E-state index contributed by atoms with van der Waals surface area (Å²) in [4.78, 5) is -0.687. The van der Waals surface area contributed by atoms with Crippen molar-refractivity contribution in [2.45, 2.75) is 44.0 Å². The highest BCUT2D eigenvalue weighted by Crippen LogP contribution is 2.19. The van der Waals surface area contributed by atoms with Crippen LogP contribution in [-0.2, 0) is 16.6 Å². The van der Waals surface area contributed by atoms with Gasteiger partial charge in [0.2, 0.25) is 10.0 Å². The van der Waals surface area contributed by atoms with Gasteiger partial charge in [-0.1, -0.05) is 26.2 Å². The minimum absolute atomic E-state index is 0.0593. The Hall–Kier alpha value is -1.05. The van der Waals surface area contributed by atoms with Crippen molar-refractivity contribution in [1.29, 1.82) is 0 Å². The van der Waals surface area contributed by atoms with Crippen LogP contribution < -0.4 is 10.5 Å². The standard InChI is InChI=1S/C13H20F2N2O2S/c1-2-3-4-5-6-17-20(18,19)12-8-10(9-16)7-11(14)13(12)15/h7-8,17H,2-6,9,16H2,1H3. The molecule has 1 rings (SSSR count). The summed E-state index contributed by atoms with van der Waals surface area (Å²) in [6.45, 7) is 2.19. The highest BCUT2D eigenvalue weighted by Gasteiger charge is 2.22. The summed E-state index contributed by atoms with van der Waals surface area (Å²) in [5, 5.41) is 0. The van der Waals surface area contributed by atoms with Gasteiger partial charge in [0, 0.05) is 13.1 Å². The second-order valence-electron chi connectivity index (χ2n) is 4.55. The van der Waals surface area contributed by atoms with Gasteiger partial charge in [-0.05, 0) is 24.1 Å². The second kappa shape index (κ2) is 7.66. The van der Waals surface area contributed by atoms with Gasteiger partial charge < -0.3 is 5.73 Å². The van der Waals surface area contributed by atoms with Crippen molar-refractivity contribution in [3.63, 3.8) is 0 Å². The summed E-state index contributed by atoms with van der Waals surface area (Å²) in [5.41, 5.74) is 5.56. The van der Waals surface area contributed by atoms with Crippen LogP contribution in [0.5, 0.6) is 0 Å². The molecule has 0 bridgehead atoms. The zero-order valence-corrected chi connectivity index (χ0v) is 12.3. The molecular formula is C13H20F2N2O2S. The fourth-order valence-corrected chi connectivity index (χ4v) is 2.98. The maximum Gasteiger partial charge on any atom is 0.243 e. The van der Waals surface area contributed by atoms with Crippen LogP contribution in [0.15, 0.2) is 17.0 Å². The van der Waals surface area contributed by atoms with E-state index in [4.69, 9.17) is 5.73 Å². The maximum atomic E-state index is 13.6. The monoisotopic (exact) mass is 306 g/mol. The molecule has 0 fully saturated rings.